The fourth-order valence-corrected chi connectivity index (χ4v) is 1.38. The Kier molecular flexibility index (Phi) is 2.78. The zero-order chi connectivity index (χ0) is 10.9. The van der Waals surface area contributed by atoms with Gasteiger partial charge in [0.05, 0.1) is 6.42 Å². The number of hydrogen-bond donors (Lipinski definition) is 1. The van der Waals surface area contributed by atoms with Crippen LogP contribution in [0.5, 0.6) is 0 Å². The number of aromatic nitrogens is 2. The third-order valence-electron chi connectivity index (χ3n) is 2.50. The Morgan fingerprint density at radius 2 is 1.93 bits per heavy atom. The van der Waals surface area contributed by atoms with Crippen molar-refractivity contribution in [2.24, 2.45) is 7.05 Å². The maximum Gasteiger partial charge on any atom is 0.328 e. The molecule has 1 aromatic heterocycles. The van der Waals surface area contributed by atoms with Crippen LogP contribution in [-0.4, -0.2) is 20.2 Å². The van der Waals surface area contributed by atoms with Crippen LogP contribution in [0.15, 0.2) is 4.79 Å². The van der Waals surface area contributed by atoms with Crippen molar-refractivity contribution >= 4 is 5.97 Å². The van der Waals surface area contributed by atoms with Crippen molar-refractivity contribution in [3.05, 3.63) is 21.9 Å². The van der Waals surface area contributed by atoms with Crippen LogP contribution in [0.1, 0.15) is 17.8 Å². The molecule has 5 heteroatoms. The molecule has 1 heterocycles. The Hall–Kier alpha value is -1.52. The van der Waals surface area contributed by atoms with Gasteiger partial charge >= 0.3 is 11.7 Å². The number of rotatable bonds is 3. The quantitative estimate of drug-likeness (QED) is 0.758. The summed E-state index contributed by atoms with van der Waals surface area (Å²) in [6, 6.07) is 0. The molecule has 0 saturated carbocycles. The van der Waals surface area contributed by atoms with E-state index in [1.54, 1.807) is 7.05 Å². The molecule has 0 spiro atoms. The maximum atomic E-state index is 11.6. The monoisotopic (exact) mass is 198 g/mol. The minimum absolute atomic E-state index is 0.0236. The van der Waals surface area contributed by atoms with Gasteiger partial charge in [0, 0.05) is 25.0 Å². The van der Waals surface area contributed by atoms with Gasteiger partial charge in [-0.3, -0.25) is 13.9 Å². The van der Waals surface area contributed by atoms with E-state index in [1.807, 2.05) is 13.8 Å². The third kappa shape index (κ3) is 1.71. The molecule has 0 amide bonds. The highest BCUT2D eigenvalue weighted by Gasteiger charge is 2.10. The smallest absolute Gasteiger partial charge is 0.328 e. The Morgan fingerprint density at radius 3 is 2.29 bits per heavy atom. The van der Waals surface area contributed by atoms with Crippen LogP contribution < -0.4 is 5.69 Å². The highest BCUT2D eigenvalue weighted by Crippen LogP contribution is 2.03. The van der Waals surface area contributed by atoms with Crippen LogP contribution in [0.2, 0.25) is 0 Å². The van der Waals surface area contributed by atoms with E-state index in [1.165, 1.54) is 9.13 Å². The van der Waals surface area contributed by atoms with E-state index < -0.39 is 5.97 Å². The van der Waals surface area contributed by atoms with Crippen LogP contribution in [0, 0.1) is 13.8 Å². The number of carboxylic acids is 1. The first-order chi connectivity index (χ1) is 6.45. The lowest BCUT2D eigenvalue weighted by molar-refractivity contribution is -0.137. The van der Waals surface area contributed by atoms with Crippen LogP contribution >= 0.6 is 0 Å². The zero-order valence-electron chi connectivity index (χ0n) is 8.57. The molecular formula is C9H14N2O3. The van der Waals surface area contributed by atoms with Gasteiger partial charge in [0.1, 0.15) is 0 Å². The molecule has 1 N–H and O–H groups in total. The van der Waals surface area contributed by atoms with E-state index in [0.29, 0.717) is 0 Å². The summed E-state index contributed by atoms with van der Waals surface area (Å²) >= 11 is 0. The Labute approximate surface area is 81.6 Å². The molecule has 0 aromatic carbocycles. The number of imidazole rings is 1. The molecule has 0 fully saturated rings. The van der Waals surface area contributed by atoms with Gasteiger partial charge in [-0.15, -0.1) is 0 Å². The van der Waals surface area contributed by atoms with E-state index in [2.05, 4.69) is 0 Å². The number of aliphatic carboxylic acids is 1. The van der Waals surface area contributed by atoms with Gasteiger partial charge in [-0.1, -0.05) is 0 Å². The van der Waals surface area contributed by atoms with Crippen molar-refractivity contribution in [2.45, 2.75) is 26.8 Å². The number of nitrogens with zero attached hydrogens (tertiary/aromatic N) is 2. The second-order valence-corrected chi connectivity index (χ2v) is 3.31. The van der Waals surface area contributed by atoms with Gasteiger partial charge in [0.25, 0.3) is 0 Å². The molecule has 1 rings (SSSR count). The molecule has 78 valence electrons. The van der Waals surface area contributed by atoms with Crippen LogP contribution in [0.4, 0.5) is 0 Å². The van der Waals surface area contributed by atoms with Crippen molar-refractivity contribution in [1.29, 1.82) is 0 Å². The highest BCUT2D eigenvalue weighted by molar-refractivity contribution is 5.66. The maximum absolute atomic E-state index is 11.6. The third-order valence-corrected chi connectivity index (χ3v) is 2.50. The summed E-state index contributed by atoms with van der Waals surface area (Å²) in [5.74, 6) is -0.891. The van der Waals surface area contributed by atoms with E-state index in [9.17, 15) is 9.59 Å². The summed E-state index contributed by atoms with van der Waals surface area (Å²) in [6.45, 7) is 3.90. The van der Waals surface area contributed by atoms with Gasteiger partial charge in [0.15, 0.2) is 0 Å². The lowest BCUT2D eigenvalue weighted by Gasteiger charge is -2.00. The molecule has 0 aliphatic heterocycles. The zero-order valence-corrected chi connectivity index (χ0v) is 8.57. The second kappa shape index (κ2) is 3.69. The lowest BCUT2D eigenvalue weighted by atomic mass is 10.3. The van der Waals surface area contributed by atoms with Crippen LogP contribution in [0.25, 0.3) is 0 Å². The Balaban J connectivity index is 3.03. The molecular weight excluding hydrogens is 184 g/mol. The molecule has 0 radical (unpaired) electrons. The van der Waals surface area contributed by atoms with Crippen LogP contribution in [0.3, 0.4) is 0 Å². The van der Waals surface area contributed by atoms with Crippen molar-refractivity contribution < 1.29 is 9.90 Å². The lowest BCUT2D eigenvalue weighted by Crippen LogP contribution is -2.24. The SMILES string of the molecule is Cc1c(C)n(CCC(=O)O)c(=O)n1C. The predicted octanol–water partition coefficient (Wildman–Crippen LogP) is 0.278. The minimum atomic E-state index is -0.891. The summed E-state index contributed by atoms with van der Waals surface area (Å²) in [6.07, 6.45) is -0.0236. The minimum Gasteiger partial charge on any atom is -0.481 e. The summed E-state index contributed by atoms with van der Waals surface area (Å²) in [5.41, 5.74) is 1.56. The van der Waals surface area contributed by atoms with Gasteiger partial charge in [-0.2, -0.15) is 0 Å². The first-order valence-corrected chi connectivity index (χ1v) is 4.39. The van der Waals surface area contributed by atoms with Crippen molar-refractivity contribution in [3.8, 4) is 0 Å². The van der Waals surface area contributed by atoms with E-state index >= 15 is 0 Å². The van der Waals surface area contributed by atoms with Crippen LogP contribution in [-0.2, 0) is 18.4 Å². The Bertz CT molecular complexity index is 414. The molecule has 0 saturated heterocycles. The first kappa shape index (κ1) is 10.6. The topological polar surface area (TPSA) is 64.2 Å². The van der Waals surface area contributed by atoms with Crippen molar-refractivity contribution in [1.82, 2.24) is 9.13 Å². The largest absolute Gasteiger partial charge is 0.481 e. The van der Waals surface area contributed by atoms with Crippen molar-refractivity contribution in [2.75, 3.05) is 0 Å². The molecule has 5 nitrogen and oxygen atoms in total. The molecule has 0 unspecified atom stereocenters. The summed E-state index contributed by atoms with van der Waals surface area (Å²) in [5, 5.41) is 8.51. The fraction of sp³-hybridized carbons (Fsp3) is 0.556. The molecule has 1 aromatic rings. The molecule has 0 aliphatic carbocycles. The molecule has 0 atom stereocenters. The number of carboxylic acid groups (broad SMARTS) is 1. The fourth-order valence-electron chi connectivity index (χ4n) is 1.38. The average Bonchev–Trinajstić information content (AvgIpc) is 2.29. The molecule has 0 bridgehead atoms. The molecule has 14 heavy (non-hydrogen) atoms. The van der Waals surface area contributed by atoms with E-state index in [-0.39, 0.29) is 18.7 Å². The summed E-state index contributed by atoms with van der Waals surface area (Å²) in [7, 11) is 1.68. The van der Waals surface area contributed by atoms with E-state index in [4.69, 9.17) is 5.11 Å². The first-order valence-electron chi connectivity index (χ1n) is 4.39. The normalized spacial score (nSPS) is 10.5. The van der Waals surface area contributed by atoms with Crippen molar-refractivity contribution in [3.63, 3.8) is 0 Å². The highest BCUT2D eigenvalue weighted by atomic mass is 16.4. The number of carbonyl (C=O) groups is 1. The second-order valence-electron chi connectivity index (χ2n) is 3.31. The summed E-state index contributed by atoms with van der Waals surface area (Å²) in [4.78, 5) is 21.9. The van der Waals surface area contributed by atoms with Gasteiger partial charge < -0.3 is 5.11 Å². The summed E-state index contributed by atoms with van der Waals surface area (Å²) < 4.78 is 3.01. The Morgan fingerprint density at radius 1 is 1.36 bits per heavy atom. The van der Waals surface area contributed by atoms with Gasteiger partial charge in [-0.25, -0.2) is 4.79 Å². The van der Waals surface area contributed by atoms with Gasteiger partial charge in [0.2, 0.25) is 0 Å². The molecule has 0 aliphatic rings. The number of hydrogen-bond acceptors (Lipinski definition) is 2. The van der Waals surface area contributed by atoms with E-state index in [0.717, 1.165) is 11.4 Å². The average molecular weight is 198 g/mol. The standard InChI is InChI=1S/C9H14N2O3/c1-6-7(2)11(5-4-8(12)13)9(14)10(6)3/h4-5H2,1-3H3,(H,12,13). The predicted molar refractivity (Wildman–Crippen MR) is 51.4 cm³/mol. The van der Waals surface area contributed by atoms with Gasteiger partial charge in [-0.05, 0) is 13.8 Å².